The highest BCUT2D eigenvalue weighted by Crippen LogP contribution is 2.28. The lowest BCUT2D eigenvalue weighted by molar-refractivity contribution is 0.422. The maximum Gasteiger partial charge on any atom is 0.145 e. The summed E-state index contributed by atoms with van der Waals surface area (Å²) < 4.78 is 0. The molecule has 1 aliphatic rings. The summed E-state index contributed by atoms with van der Waals surface area (Å²) in [6.45, 7) is 8.80. The first-order valence-corrected chi connectivity index (χ1v) is 6.73. The number of nitrogens with zero attached hydrogens (tertiary/aromatic N) is 3. The van der Waals surface area contributed by atoms with Gasteiger partial charge in [-0.2, -0.15) is 0 Å². The molecule has 5 nitrogen and oxygen atoms in total. The predicted molar refractivity (Wildman–Crippen MR) is 74.4 cm³/mol. The Morgan fingerprint density at radius 2 is 2.28 bits per heavy atom. The van der Waals surface area contributed by atoms with E-state index < -0.39 is 0 Å². The smallest absolute Gasteiger partial charge is 0.145 e. The Morgan fingerprint density at radius 1 is 1.50 bits per heavy atom. The van der Waals surface area contributed by atoms with E-state index in [0.717, 1.165) is 43.0 Å². The van der Waals surface area contributed by atoms with Crippen LogP contribution >= 0.6 is 0 Å². The number of nitrogen functional groups attached to an aromatic ring is 1. The maximum absolute atomic E-state index is 5.46. The zero-order valence-corrected chi connectivity index (χ0v) is 11.5. The first-order valence-electron chi connectivity index (χ1n) is 6.73. The van der Waals surface area contributed by atoms with Crippen LogP contribution in [0.3, 0.4) is 0 Å². The van der Waals surface area contributed by atoms with Gasteiger partial charge in [0.05, 0.1) is 0 Å². The van der Waals surface area contributed by atoms with Crippen molar-refractivity contribution >= 4 is 11.6 Å². The Balaban J connectivity index is 2.18. The van der Waals surface area contributed by atoms with Crippen LogP contribution in [0, 0.1) is 11.8 Å². The summed E-state index contributed by atoms with van der Waals surface area (Å²) in [5, 5.41) is 0. The number of nitrogens with one attached hydrogen (secondary N) is 1. The Bertz CT molecular complexity index is 382. The molecule has 100 valence electrons. The van der Waals surface area contributed by atoms with Crippen molar-refractivity contribution in [2.24, 2.45) is 17.7 Å². The molecule has 1 unspecified atom stereocenters. The molecule has 0 radical (unpaired) electrons. The van der Waals surface area contributed by atoms with Crippen LogP contribution in [0.4, 0.5) is 11.6 Å². The molecule has 0 amide bonds. The SMILES string of the molecule is CCc1nc(NN)cc(N2CCC(C(C)C)C2)n1. The van der Waals surface area contributed by atoms with Crippen LogP contribution in [0.5, 0.6) is 0 Å². The summed E-state index contributed by atoms with van der Waals surface area (Å²) in [6, 6.07) is 1.93. The van der Waals surface area contributed by atoms with E-state index in [4.69, 9.17) is 5.84 Å². The van der Waals surface area contributed by atoms with Crippen molar-refractivity contribution in [3.05, 3.63) is 11.9 Å². The van der Waals surface area contributed by atoms with Crippen LogP contribution in [-0.2, 0) is 6.42 Å². The Kier molecular flexibility index (Phi) is 4.01. The first-order chi connectivity index (χ1) is 8.63. The fourth-order valence-electron chi connectivity index (χ4n) is 2.42. The largest absolute Gasteiger partial charge is 0.356 e. The molecular formula is C13H23N5. The van der Waals surface area contributed by atoms with Gasteiger partial charge < -0.3 is 10.3 Å². The van der Waals surface area contributed by atoms with Crippen molar-refractivity contribution in [2.45, 2.75) is 33.6 Å². The highest BCUT2D eigenvalue weighted by Gasteiger charge is 2.26. The van der Waals surface area contributed by atoms with Crippen molar-refractivity contribution in [1.82, 2.24) is 9.97 Å². The second kappa shape index (κ2) is 5.52. The van der Waals surface area contributed by atoms with E-state index in [1.807, 2.05) is 6.07 Å². The highest BCUT2D eigenvalue weighted by molar-refractivity contribution is 5.49. The maximum atomic E-state index is 5.46. The van der Waals surface area contributed by atoms with Crippen LogP contribution in [0.25, 0.3) is 0 Å². The van der Waals surface area contributed by atoms with Crippen LogP contribution in [0.1, 0.15) is 33.0 Å². The van der Waals surface area contributed by atoms with E-state index in [9.17, 15) is 0 Å². The summed E-state index contributed by atoms with van der Waals surface area (Å²) in [7, 11) is 0. The van der Waals surface area contributed by atoms with Gasteiger partial charge in [0.25, 0.3) is 0 Å². The van der Waals surface area contributed by atoms with Crippen LogP contribution < -0.4 is 16.2 Å². The van der Waals surface area contributed by atoms with Gasteiger partial charge in [0.1, 0.15) is 17.5 Å². The molecule has 1 fully saturated rings. The summed E-state index contributed by atoms with van der Waals surface area (Å²) >= 11 is 0. The van der Waals surface area contributed by atoms with Crippen LogP contribution in [0.2, 0.25) is 0 Å². The zero-order valence-electron chi connectivity index (χ0n) is 11.5. The third-order valence-corrected chi connectivity index (χ3v) is 3.71. The molecule has 0 aliphatic carbocycles. The van der Waals surface area contributed by atoms with Crippen molar-refractivity contribution in [3.63, 3.8) is 0 Å². The van der Waals surface area contributed by atoms with Gasteiger partial charge >= 0.3 is 0 Å². The minimum Gasteiger partial charge on any atom is -0.356 e. The average molecular weight is 249 g/mol. The molecule has 2 rings (SSSR count). The average Bonchev–Trinajstić information content (AvgIpc) is 2.87. The normalized spacial score (nSPS) is 19.6. The summed E-state index contributed by atoms with van der Waals surface area (Å²) in [6.07, 6.45) is 2.07. The van der Waals surface area contributed by atoms with Crippen LogP contribution in [0.15, 0.2) is 6.07 Å². The molecule has 5 heteroatoms. The molecule has 0 aromatic carbocycles. The number of aromatic nitrogens is 2. The molecule has 1 saturated heterocycles. The third kappa shape index (κ3) is 2.72. The van der Waals surface area contributed by atoms with E-state index in [1.165, 1.54) is 6.42 Å². The Labute approximate surface area is 109 Å². The van der Waals surface area contributed by atoms with Gasteiger partial charge in [-0.15, -0.1) is 0 Å². The van der Waals surface area contributed by atoms with Crippen molar-refractivity contribution in [3.8, 4) is 0 Å². The van der Waals surface area contributed by atoms with Gasteiger partial charge in [-0.3, -0.25) is 0 Å². The molecule has 1 aromatic heterocycles. The van der Waals surface area contributed by atoms with Gasteiger partial charge in [0.15, 0.2) is 0 Å². The number of anilines is 2. The van der Waals surface area contributed by atoms with Gasteiger partial charge in [-0.05, 0) is 18.3 Å². The highest BCUT2D eigenvalue weighted by atomic mass is 15.3. The number of hydrogen-bond acceptors (Lipinski definition) is 5. The fourth-order valence-corrected chi connectivity index (χ4v) is 2.42. The van der Waals surface area contributed by atoms with Crippen molar-refractivity contribution in [1.29, 1.82) is 0 Å². The minimum absolute atomic E-state index is 0.699. The molecule has 3 N–H and O–H groups in total. The molecule has 2 heterocycles. The lowest BCUT2D eigenvalue weighted by Crippen LogP contribution is -2.23. The summed E-state index contributed by atoms with van der Waals surface area (Å²) in [4.78, 5) is 11.3. The second-order valence-electron chi connectivity index (χ2n) is 5.26. The number of rotatable bonds is 4. The molecule has 1 atom stereocenters. The fraction of sp³-hybridized carbons (Fsp3) is 0.692. The third-order valence-electron chi connectivity index (χ3n) is 3.71. The summed E-state index contributed by atoms with van der Waals surface area (Å²) in [5.74, 6) is 9.49. The van der Waals surface area contributed by atoms with Gasteiger partial charge in [-0.1, -0.05) is 20.8 Å². The van der Waals surface area contributed by atoms with Crippen LogP contribution in [-0.4, -0.2) is 23.1 Å². The predicted octanol–water partition coefficient (Wildman–Crippen LogP) is 1.81. The Morgan fingerprint density at radius 3 is 2.83 bits per heavy atom. The van der Waals surface area contributed by atoms with Gasteiger partial charge in [0.2, 0.25) is 0 Å². The topological polar surface area (TPSA) is 67.1 Å². The minimum atomic E-state index is 0.699. The quantitative estimate of drug-likeness (QED) is 0.629. The second-order valence-corrected chi connectivity index (χ2v) is 5.26. The number of hydrogen-bond donors (Lipinski definition) is 2. The molecule has 0 saturated carbocycles. The number of aryl methyl sites for hydroxylation is 1. The molecule has 0 bridgehead atoms. The first kappa shape index (κ1) is 13.1. The van der Waals surface area contributed by atoms with E-state index >= 15 is 0 Å². The van der Waals surface area contributed by atoms with Crippen molar-refractivity contribution in [2.75, 3.05) is 23.4 Å². The van der Waals surface area contributed by atoms with Crippen molar-refractivity contribution < 1.29 is 0 Å². The molecule has 18 heavy (non-hydrogen) atoms. The number of nitrogens with two attached hydrogens (primary N) is 1. The standard InChI is InChI=1S/C13H23N5/c1-4-11-15-12(17-14)7-13(16-11)18-6-5-10(8-18)9(2)3/h7,9-10H,4-6,8,14H2,1-3H3,(H,15,16,17). The Hall–Kier alpha value is -1.36. The zero-order chi connectivity index (χ0) is 13.1. The van der Waals surface area contributed by atoms with E-state index in [1.54, 1.807) is 0 Å². The molecular weight excluding hydrogens is 226 g/mol. The van der Waals surface area contributed by atoms with Gasteiger partial charge in [-0.25, -0.2) is 15.8 Å². The monoisotopic (exact) mass is 249 g/mol. The molecule has 0 spiro atoms. The molecule has 1 aliphatic heterocycles. The van der Waals surface area contributed by atoms with E-state index in [0.29, 0.717) is 5.82 Å². The number of hydrazine groups is 1. The lowest BCUT2D eigenvalue weighted by atomic mass is 9.95. The van der Waals surface area contributed by atoms with E-state index in [2.05, 4.69) is 41.1 Å². The molecule has 1 aromatic rings. The lowest BCUT2D eigenvalue weighted by Gasteiger charge is -2.20. The summed E-state index contributed by atoms with van der Waals surface area (Å²) in [5.41, 5.74) is 2.62. The van der Waals surface area contributed by atoms with E-state index in [-0.39, 0.29) is 0 Å². The van der Waals surface area contributed by atoms with Gasteiger partial charge in [0, 0.05) is 25.6 Å².